The van der Waals surface area contributed by atoms with Gasteiger partial charge in [-0.15, -0.1) is 16.9 Å². The van der Waals surface area contributed by atoms with E-state index >= 15 is 0 Å². The number of nitrogens with zero attached hydrogens (tertiary/aromatic N) is 5. The number of rotatable bonds is 8. The van der Waals surface area contributed by atoms with Gasteiger partial charge in [-0.3, -0.25) is 9.59 Å². The molecule has 33 heavy (non-hydrogen) atoms. The number of likely N-dealkylation sites (N-methyl/N-ethyl adjacent to an activating group) is 1. The zero-order valence-electron chi connectivity index (χ0n) is 19.5. The second kappa shape index (κ2) is 9.07. The summed E-state index contributed by atoms with van der Waals surface area (Å²) in [6.07, 6.45) is 2.44. The zero-order chi connectivity index (χ0) is 24.0. The predicted molar refractivity (Wildman–Crippen MR) is 122 cm³/mol. The third kappa shape index (κ3) is 4.04. The molecular weight excluding hydrogens is 446 g/mol. The van der Waals surface area contributed by atoms with Crippen molar-refractivity contribution in [2.45, 2.75) is 50.2 Å². The summed E-state index contributed by atoms with van der Waals surface area (Å²) in [5, 5.41) is 24.6. The first kappa shape index (κ1) is 23.7. The number of aliphatic carboxylic acids is 1. The highest BCUT2D eigenvalue weighted by atomic mass is 32.2. The van der Waals surface area contributed by atoms with E-state index in [-0.39, 0.29) is 52.7 Å². The first-order chi connectivity index (χ1) is 15.6. The number of carbonyl (C=O) groups excluding carboxylic acids is 2. The minimum absolute atomic E-state index is 0.0170. The average molecular weight is 478 g/mol. The van der Waals surface area contributed by atoms with E-state index in [9.17, 15) is 19.5 Å². The fourth-order valence-electron chi connectivity index (χ4n) is 5.09. The van der Waals surface area contributed by atoms with Gasteiger partial charge < -0.3 is 25.5 Å². The van der Waals surface area contributed by atoms with Crippen LogP contribution in [0.2, 0.25) is 0 Å². The van der Waals surface area contributed by atoms with Crippen LogP contribution in [0.15, 0.2) is 16.8 Å². The molecule has 180 valence electrons. The monoisotopic (exact) mass is 477 g/mol. The van der Waals surface area contributed by atoms with Gasteiger partial charge in [0.1, 0.15) is 5.70 Å². The number of hydrogen-bond acceptors (Lipinski definition) is 8. The fourth-order valence-corrected chi connectivity index (χ4v) is 6.57. The van der Waals surface area contributed by atoms with Crippen molar-refractivity contribution in [1.82, 2.24) is 35.4 Å². The zero-order valence-corrected chi connectivity index (χ0v) is 20.3. The Morgan fingerprint density at radius 2 is 2.15 bits per heavy atom. The second-order valence-corrected chi connectivity index (χ2v) is 10.5. The Bertz CT molecular complexity index is 993. The predicted octanol–water partition coefficient (Wildman–Crippen LogP) is -0.117. The van der Waals surface area contributed by atoms with Crippen molar-refractivity contribution in [2.75, 3.05) is 27.7 Å². The van der Waals surface area contributed by atoms with Gasteiger partial charge in [-0.2, -0.15) is 0 Å². The SMILES string of the molecule is CNCc1cn([C@H](C)[C@H]2C(=O)N3C(C(=O)O)=C(S[C@@H]4CN[C@H](C(=O)N(C)C)C4)[C@H](C)[C@H]23)nn1. The highest BCUT2D eigenvalue weighted by Gasteiger charge is 2.60. The third-order valence-corrected chi connectivity index (χ3v) is 8.28. The second-order valence-electron chi connectivity index (χ2n) is 9.16. The number of carbonyl (C=O) groups is 3. The third-order valence-electron chi connectivity index (χ3n) is 6.77. The van der Waals surface area contributed by atoms with Crippen LogP contribution >= 0.6 is 11.8 Å². The first-order valence-electron chi connectivity index (χ1n) is 11.1. The number of nitrogens with one attached hydrogen (secondary N) is 2. The standard InChI is InChI=1S/C21H31N7O4S/c1-10-16-15(11(2)27-9-12(7-22-3)24-25-27)20(30)28(16)17(21(31)32)18(10)33-13-6-14(23-8-13)19(29)26(4)5/h9-11,13-16,22-23H,6-8H2,1-5H3,(H,31,32)/t10-,11-,13+,14+,15-,16-/m1/s1. The van der Waals surface area contributed by atoms with Gasteiger partial charge >= 0.3 is 5.97 Å². The van der Waals surface area contributed by atoms with Gasteiger partial charge in [0.25, 0.3) is 0 Å². The molecule has 4 heterocycles. The van der Waals surface area contributed by atoms with Gasteiger partial charge in [0.15, 0.2) is 0 Å². The van der Waals surface area contributed by atoms with Crippen molar-refractivity contribution in [2.24, 2.45) is 11.8 Å². The molecule has 1 aromatic heterocycles. The summed E-state index contributed by atoms with van der Waals surface area (Å²) in [5.41, 5.74) is 0.867. The Morgan fingerprint density at radius 1 is 1.42 bits per heavy atom. The van der Waals surface area contributed by atoms with Crippen LogP contribution in [0.25, 0.3) is 0 Å². The van der Waals surface area contributed by atoms with Crippen molar-refractivity contribution in [3.63, 3.8) is 0 Å². The molecule has 11 nitrogen and oxygen atoms in total. The molecule has 4 rings (SSSR count). The van der Waals surface area contributed by atoms with E-state index < -0.39 is 5.97 Å². The molecule has 12 heteroatoms. The van der Waals surface area contributed by atoms with E-state index in [4.69, 9.17) is 0 Å². The number of carboxylic acids is 1. The van der Waals surface area contributed by atoms with Crippen molar-refractivity contribution in [1.29, 1.82) is 0 Å². The minimum atomic E-state index is -1.09. The Balaban J connectivity index is 1.51. The molecule has 2 saturated heterocycles. The number of hydrogen-bond donors (Lipinski definition) is 3. The summed E-state index contributed by atoms with van der Waals surface area (Å²) in [7, 11) is 5.28. The molecule has 1 aromatic rings. The molecule has 3 N–H and O–H groups in total. The number of β-lactam (4-membered cyclic amide) rings is 1. The molecule has 2 amide bonds. The van der Waals surface area contributed by atoms with Gasteiger partial charge in [-0.25, -0.2) is 9.48 Å². The van der Waals surface area contributed by atoms with Crippen LogP contribution in [0.3, 0.4) is 0 Å². The lowest BCUT2D eigenvalue weighted by Crippen LogP contribution is -2.62. The Hall–Kier alpha value is -2.44. The number of thioether (sulfide) groups is 1. The molecule has 0 spiro atoms. The maximum atomic E-state index is 13.1. The van der Waals surface area contributed by atoms with Crippen molar-refractivity contribution >= 4 is 29.5 Å². The van der Waals surface area contributed by atoms with Gasteiger partial charge in [-0.1, -0.05) is 12.1 Å². The first-order valence-corrected chi connectivity index (χ1v) is 12.0. The Morgan fingerprint density at radius 3 is 2.79 bits per heavy atom. The average Bonchev–Trinajstić information content (AvgIpc) is 3.47. The van der Waals surface area contributed by atoms with Gasteiger partial charge in [-0.05, 0) is 20.4 Å². The lowest BCUT2D eigenvalue weighted by atomic mass is 9.78. The topological polar surface area (TPSA) is 133 Å². The largest absolute Gasteiger partial charge is 0.477 e. The Labute approximate surface area is 196 Å². The smallest absolute Gasteiger partial charge is 0.353 e. The van der Waals surface area contributed by atoms with Crippen LogP contribution in [0.1, 0.15) is 32.0 Å². The van der Waals surface area contributed by atoms with E-state index in [1.165, 1.54) is 16.7 Å². The van der Waals surface area contributed by atoms with E-state index in [1.54, 1.807) is 23.7 Å². The number of aromatic nitrogens is 3. The van der Waals surface area contributed by atoms with Gasteiger partial charge in [0, 0.05) is 43.3 Å². The maximum Gasteiger partial charge on any atom is 0.353 e. The molecule has 0 radical (unpaired) electrons. The molecule has 6 atom stereocenters. The lowest BCUT2D eigenvalue weighted by molar-refractivity contribution is -0.159. The molecule has 0 bridgehead atoms. The van der Waals surface area contributed by atoms with E-state index in [0.29, 0.717) is 19.5 Å². The van der Waals surface area contributed by atoms with Crippen LogP contribution in [0.4, 0.5) is 0 Å². The Kier molecular flexibility index (Phi) is 6.52. The van der Waals surface area contributed by atoms with Crippen molar-refractivity contribution in [3.8, 4) is 0 Å². The summed E-state index contributed by atoms with van der Waals surface area (Å²) in [6.45, 7) is 5.11. The fraction of sp³-hybridized carbons (Fsp3) is 0.667. The minimum Gasteiger partial charge on any atom is -0.477 e. The number of amides is 2. The van der Waals surface area contributed by atoms with E-state index in [1.807, 2.05) is 27.1 Å². The van der Waals surface area contributed by atoms with E-state index in [2.05, 4.69) is 20.9 Å². The van der Waals surface area contributed by atoms with Crippen molar-refractivity contribution in [3.05, 3.63) is 22.5 Å². The summed E-state index contributed by atoms with van der Waals surface area (Å²) >= 11 is 1.49. The quantitative estimate of drug-likeness (QED) is 0.438. The number of fused-ring (bicyclic) bond motifs is 1. The van der Waals surface area contributed by atoms with Gasteiger partial charge in [0.05, 0.1) is 35.9 Å². The van der Waals surface area contributed by atoms with Crippen molar-refractivity contribution < 1.29 is 19.5 Å². The number of carboxylic acid groups (broad SMARTS) is 1. The maximum absolute atomic E-state index is 13.1. The summed E-state index contributed by atoms with van der Waals surface area (Å²) in [6, 6.07) is -0.741. The van der Waals surface area contributed by atoms with Crippen LogP contribution in [0.5, 0.6) is 0 Å². The molecule has 0 unspecified atom stereocenters. The lowest BCUT2D eigenvalue weighted by Gasteiger charge is -2.47. The van der Waals surface area contributed by atoms with E-state index in [0.717, 1.165) is 10.6 Å². The molecule has 3 aliphatic rings. The van der Waals surface area contributed by atoms with Gasteiger partial charge in [0.2, 0.25) is 11.8 Å². The molecule has 0 saturated carbocycles. The molecule has 2 fully saturated rings. The normalized spacial score (nSPS) is 29.8. The summed E-state index contributed by atoms with van der Waals surface area (Å²) in [5.74, 6) is -1.75. The highest BCUT2D eigenvalue weighted by Crippen LogP contribution is 2.53. The van der Waals surface area contributed by atoms with Crippen LogP contribution < -0.4 is 10.6 Å². The molecule has 0 aromatic carbocycles. The summed E-state index contributed by atoms with van der Waals surface area (Å²) in [4.78, 5) is 41.3. The van der Waals surface area contributed by atoms with Crippen LogP contribution in [0, 0.1) is 11.8 Å². The summed E-state index contributed by atoms with van der Waals surface area (Å²) < 4.78 is 1.70. The van der Waals surface area contributed by atoms with Crippen LogP contribution in [-0.4, -0.2) is 92.7 Å². The molecule has 3 aliphatic heterocycles. The van der Waals surface area contributed by atoms with Crippen LogP contribution in [-0.2, 0) is 20.9 Å². The highest BCUT2D eigenvalue weighted by molar-refractivity contribution is 8.03. The molecular formula is C21H31N7O4S. The molecule has 0 aliphatic carbocycles.